The van der Waals surface area contributed by atoms with Gasteiger partial charge in [-0.05, 0) is 17.7 Å². The lowest BCUT2D eigenvalue weighted by Gasteiger charge is -2.07. The molecule has 0 bridgehead atoms. The third kappa shape index (κ3) is 2.85. The van der Waals surface area contributed by atoms with Gasteiger partial charge in [0.1, 0.15) is 0 Å². The average Bonchev–Trinajstić information content (AvgIpc) is 2.91. The van der Waals surface area contributed by atoms with E-state index in [4.69, 9.17) is 11.6 Å². The van der Waals surface area contributed by atoms with Crippen LogP contribution in [0.1, 0.15) is 16.1 Å². The van der Waals surface area contributed by atoms with E-state index >= 15 is 0 Å². The fourth-order valence-electron chi connectivity index (χ4n) is 2.21. The molecule has 0 radical (unpaired) electrons. The molecule has 0 saturated carbocycles. The van der Waals surface area contributed by atoms with Crippen molar-refractivity contribution < 1.29 is 4.79 Å². The Balaban J connectivity index is 2.06. The molecule has 0 spiro atoms. The van der Waals surface area contributed by atoms with E-state index in [2.05, 4.69) is 10.3 Å². The van der Waals surface area contributed by atoms with Gasteiger partial charge in [0, 0.05) is 10.6 Å². The Labute approximate surface area is 127 Å². The number of carbonyl (C=O) groups is 1. The van der Waals surface area contributed by atoms with Crippen LogP contribution in [-0.4, -0.2) is 21.3 Å². The Kier molecular flexibility index (Phi) is 3.79. The largest absolute Gasteiger partial charge is 0.296 e. The number of hydrogen-bond acceptors (Lipinski definition) is 3. The lowest BCUT2D eigenvalue weighted by atomic mass is 10.1. The van der Waals surface area contributed by atoms with Crippen molar-refractivity contribution in [3.05, 3.63) is 70.9 Å². The molecule has 4 nitrogen and oxygen atoms in total. The first kappa shape index (κ1) is 13.5. The highest BCUT2D eigenvalue weighted by Gasteiger charge is 2.15. The molecule has 0 atom stereocenters. The second kappa shape index (κ2) is 5.89. The lowest BCUT2D eigenvalue weighted by molar-refractivity contribution is 0.111. The van der Waals surface area contributed by atoms with Crippen LogP contribution in [0.15, 0.2) is 54.6 Å². The topological polar surface area (TPSA) is 47.8 Å². The summed E-state index contributed by atoms with van der Waals surface area (Å²) < 4.78 is 1.71. The van der Waals surface area contributed by atoms with E-state index in [1.54, 1.807) is 16.8 Å². The smallest absolute Gasteiger partial charge is 0.172 e. The third-order valence-corrected chi connectivity index (χ3v) is 3.38. The molecule has 1 heterocycles. The number of nitrogens with zero attached hydrogens (tertiary/aromatic N) is 3. The molecule has 3 aromatic rings. The number of carbonyl (C=O) groups excluding carboxylic acids is 1. The predicted octanol–water partition coefficient (Wildman–Crippen LogP) is 3.46. The van der Waals surface area contributed by atoms with Gasteiger partial charge in [0.25, 0.3) is 0 Å². The van der Waals surface area contributed by atoms with Crippen molar-refractivity contribution in [1.29, 1.82) is 0 Å². The number of aromatic nitrogens is 3. The van der Waals surface area contributed by atoms with Crippen molar-refractivity contribution >= 4 is 17.9 Å². The van der Waals surface area contributed by atoms with Gasteiger partial charge in [0.15, 0.2) is 12.0 Å². The summed E-state index contributed by atoms with van der Waals surface area (Å²) in [6.07, 6.45) is 0.713. The molecule has 0 aliphatic rings. The Morgan fingerprint density at radius 1 is 1.10 bits per heavy atom. The Bertz CT molecular complexity index is 768. The fraction of sp³-hybridized carbons (Fsp3) is 0.0625. The molecule has 0 aliphatic carbocycles. The first-order chi connectivity index (χ1) is 10.3. The molecule has 104 valence electrons. The Morgan fingerprint density at radius 3 is 2.62 bits per heavy atom. The van der Waals surface area contributed by atoms with Gasteiger partial charge in [-0.15, -0.1) is 5.10 Å². The minimum Gasteiger partial charge on any atom is -0.296 e. The van der Waals surface area contributed by atoms with Crippen molar-refractivity contribution in [2.75, 3.05) is 0 Å². The summed E-state index contributed by atoms with van der Waals surface area (Å²) in [7, 11) is 0. The van der Waals surface area contributed by atoms with Crippen molar-refractivity contribution in [1.82, 2.24) is 15.0 Å². The van der Waals surface area contributed by atoms with Gasteiger partial charge < -0.3 is 0 Å². The van der Waals surface area contributed by atoms with Gasteiger partial charge in [-0.2, -0.15) is 0 Å². The van der Waals surface area contributed by atoms with Crippen LogP contribution in [-0.2, 0) is 6.54 Å². The summed E-state index contributed by atoms with van der Waals surface area (Å²) >= 11 is 6.03. The quantitative estimate of drug-likeness (QED) is 0.693. The molecule has 0 amide bonds. The van der Waals surface area contributed by atoms with Gasteiger partial charge in [-0.25, -0.2) is 4.68 Å². The molecule has 2 aromatic carbocycles. The maximum Gasteiger partial charge on any atom is 0.172 e. The predicted molar refractivity (Wildman–Crippen MR) is 81.4 cm³/mol. The van der Waals surface area contributed by atoms with Crippen LogP contribution < -0.4 is 0 Å². The third-order valence-electron chi connectivity index (χ3n) is 3.15. The van der Waals surface area contributed by atoms with Crippen molar-refractivity contribution in [2.45, 2.75) is 6.54 Å². The number of aldehydes is 1. The van der Waals surface area contributed by atoms with E-state index in [1.165, 1.54) is 0 Å². The summed E-state index contributed by atoms with van der Waals surface area (Å²) in [4.78, 5) is 11.2. The standard InChI is InChI=1S/C16H12ClN3O/c17-14-8-4-7-13(9-14)16-15(11-21)18-19-20(16)10-12-5-2-1-3-6-12/h1-9,11H,10H2. The number of halogens is 1. The molecule has 3 rings (SSSR count). The summed E-state index contributed by atoms with van der Waals surface area (Å²) in [5, 5.41) is 8.63. The number of hydrogen-bond donors (Lipinski definition) is 0. The van der Waals surface area contributed by atoms with Crippen LogP contribution >= 0.6 is 11.6 Å². The molecule has 5 heteroatoms. The van der Waals surface area contributed by atoms with Gasteiger partial charge >= 0.3 is 0 Å². The lowest BCUT2D eigenvalue weighted by Crippen LogP contribution is -2.04. The minimum absolute atomic E-state index is 0.313. The number of benzene rings is 2. The fourth-order valence-corrected chi connectivity index (χ4v) is 2.40. The highest BCUT2D eigenvalue weighted by atomic mass is 35.5. The normalized spacial score (nSPS) is 10.5. The highest BCUT2D eigenvalue weighted by molar-refractivity contribution is 6.30. The van der Waals surface area contributed by atoms with Crippen LogP contribution in [0.25, 0.3) is 11.3 Å². The monoisotopic (exact) mass is 297 g/mol. The molecule has 0 fully saturated rings. The van der Waals surface area contributed by atoms with Crippen molar-refractivity contribution in [3.63, 3.8) is 0 Å². The van der Waals surface area contributed by atoms with Gasteiger partial charge in [-0.1, -0.05) is 59.3 Å². The van der Waals surface area contributed by atoms with E-state index in [-0.39, 0.29) is 0 Å². The van der Waals surface area contributed by atoms with Crippen LogP contribution in [0.4, 0.5) is 0 Å². The second-order valence-corrected chi connectivity index (χ2v) is 5.03. The molecule has 0 N–H and O–H groups in total. The maximum atomic E-state index is 11.2. The zero-order valence-corrected chi connectivity index (χ0v) is 11.9. The van der Waals surface area contributed by atoms with Gasteiger partial charge in [-0.3, -0.25) is 4.79 Å². The molecule has 0 unspecified atom stereocenters. The zero-order chi connectivity index (χ0) is 14.7. The number of rotatable bonds is 4. The second-order valence-electron chi connectivity index (χ2n) is 4.59. The first-order valence-corrected chi connectivity index (χ1v) is 6.84. The molecule has 21 heavy (non-hydrogen) atoms. The summed E-state index contributed by atoms with van der Waals surface area (Å²) in [6.45, 7) is 0.545. The summed E-state index contributed by atoms with van der Waals surface area (Å²) in [5.74, 6) is 0. The SMILES string of the molecule is O=Cc1nnn(Cc2ccccc2)c1-c1cccc(Cl)c1. The molecular weight excluding hydrogens is 286 g/mol. The molecule has 1 aromatic heterocycles. The maximum absolute atomic E-state index is 11.2. The van der Waals surface area contributed by atoms with Gasteiger partial charge in [0.2, 0.25) is 0 Å². The summed E-state index contributed by atoms with van der Waals surface area (Å²) in [5.41, 5.74) is 2.90. The van der Waals surface area contributed by atoms with Crippen LogP contribution in [0.2, 0.25) is 5.02 Å². The van der Waals surface area contributed by atoms with E-state index < -0.39 is 0 Å². The Morgan fingerprint density at radius 2 is 1.90 bits per heavy atom. The van der Waals surface area contributed by atoms with E-state index in [0.717, 1.165) is 11.1 Å². The molecule has 0 aliphatic heterocycles. The average molecular weight is 298 g/mol. The van der Waals surface area contributed by atoms with E-state index in [1.807, 2.05) is 42.5 Å². The van der Waals surface area contributed by atoms with Crippen LogP contribution in [0, 0.1) is 0 Å². The van der Waals surface area contributed by atoms with Crippen molar-refractivity contribution in [3.8, 4) is 11.3 Å². The van der Waals surface area contributed by atoms with Crippen LogP contribution in [0.3, 0.4) is 0 Å². The molecule has 0 saturated heterocycles. The van der Waals surface area contributed by atoms with Crippen LogP contribution in [0.5, 0.6) is 0 Å². The Hall–Kier alpha value is -2.46. The van der Waals surface area contributed by atoms with E-state index in [9.17, 15) is 4.79 Å². The first-order valence-electron chi connectivity index (χ1n) is 6.46. The summed E-state index contributed by atoms with van der Waals surface area (Å²) in [6, 6.07) is 17.2. The minimum atomic E-state index is 0.313. The van der Waals surface area contributed by atoms with Crippen molar-refractivity contribution in [2.24, 2.45) is 0 Å². The van der Waals surface area contributed by atoms with Gasteiger partial charge in [0.05, 0.1) is 12.2 Å². The zero-order valence-electron chi connectivity index (χ0n) is 11.1. The highest BCUT2D eigenvalue weighted by Crippen LogP contribution is 2.24. The van der Waals surface area contributed by atoms with E-state index in [0.29, 0.717) is 29.2 Å². The molecular formula is C16H12ClN3O.